The molecule has 0 spiro atoms. The summed E-state index contributed by atoms with van der Waals surface area (Å²) in [6.07, 6.45) is 3.44. The molecule has 0 unspecified atom stereocenters. The first kappa shape index (κ1) is 18.4. The molecule has 0 radical (unpaired) electrons. The topological polar surface area (TPSA) is 62.5 Å². The van der Waals surface area contributed by atoms with E-state index < -0.39 is 0 Å². The van der Waals surface area contributed by atoms with Crippen LogP contribution in [0.3, 0.4) is 0 Å². The summed E-state index contributed by atoms with van der Waals surface area (Å²) in [5.41, 5.74) is 2.82. The SMILES string of the molecule is CN(C(=O)c1ccc(-c2ncon2)cc1)[C@@H]1CCCN(Cc2ccccc2)C1. The second-order valence-electron chi connectivity index (χ2n) is 7.26. The number of aromatic nitrogens is 2. The van der Waals surface area contributed by atoms with E-state index in [4.69, 9.17) is 4.52 Å². The number of hydrogen-bond acceptors (Lipinski definition) is 5. The highest BCUT2D eigenvalue weighted by atomic mass is 16.5. The number of nitrogens with zero attached hydrogens (tertiary/aromatic N) is 4. The van der Waals surface area contributed by atoms with Crippen LogP contribution >= 0.6 is 0 Å². The Morgan fingerprint density at radius 3 is 2.68 bits per heavy atom. The van der Waals surface area contributed by atoms with Crippen LogP contribution in [0.15, 0.2) is 65.5 Å². The van der Waals surface area contributed by atoms with Gasteiger partial charge in [-0.25, -0.2) is 0 Å². The predicted molar refractivity (Wildman–Crippen MR) is 107 cm³/mol. The quantitative estimate of drug-likeness (QED) is 0.682. The van der Waals surface area contributed by atoms with Gasteiger partial charge in [-0.1, -0.05) is 47.6 Å². The number of carbonyl (C=O) groups excluding carboxylic acids is 1. The minimum absolute atomic E-state index is 0.0474. The van der Waals surface area contributed by atoms with E-state index in [0.29, 0.717) is 11.4 Å². The van der Waals surface area contributed by atoms with Crippen LogP contribution in [0, 0.1) is 0 Å². The molecule has 0 N–H and O–H groups in total. The van der Waals surface area contributed by atoms with Gasteiger partial charge < -0.3 is 9.42 Å². The lowest BCUT2D eigenvalue weighted by molar-refractivity contribution is 0.0609. The third-order valence-electron chi connectivity index (χ3n) is 5.35. The number of carbonyl (C=O) groups is 1. The van der Waals surface area contributed by atoms with Crippen LogP contribution in [0.5, 0.6) is 0 Å². The van der Waals surface area contributed by atoms with Crippen molar-refractivity contribution in [2.45, 2.75) is 25.4 Å². The zero-order chi connectivity index (χ0) is 19.3. The van der Waals surface area contributed by atoms with Crippen LogP contribution in [0.2, 0.25) is 0 Å². The van der Waals surface area contributed by atoms with Gasteiger partial charge in [-0.3, -0.25) is 9.69 Å². The number of rotatable bonds is 5. The minimum Gasteiger partial charge on any atom is -0.342 e. The molecule has 144 valence electrons. The zero-order valence-electron chi connectivity index (χ0n) is 16.0. The zero-order valence-corrected chi connectivity index (χ0v) is 16.0. The molecule has 2 heterocycles. The van der Waals surface area contributed by atoms with E-state index in [1.807, 2.05) is 42.3 Å². The van der Waals surface area contributed by atoms with Crippen LogP contribution in [-0.4, -0.2) is 52.0 Å². The highest BCUT2D eigenvalue weighted by Gasteiger charge is 2.26. The van der Waals surface area contributed by atoms with Gasteiger partial charge in [-0.2, -0.15) is 4.98 Å². The predicted octanol–water partition coefficient (Wildman–Crippen LogP) is 3.47. The Labute approximate surface area is 164 Å². The Kier molecular flexibility index (Phi) is 5.48. The van der Waals surface area contributed by atoms with E-state index in [1.165, 1.54) is 12.0 Å². The maximum absolute atomic E-state index is 13.0. The van der Waals surface area contributed by atoms with Gasteiger partial charge >= 0.3 is 0 Å². The molecule has 1 atom stereocenters. The van der Waals surface area contributed by atoms with Gasteiger partial charge in [-0.05, 0) is 37.1 Å². The van der Waals surface area contributed by atoms with Gasteiger partial charge in [0.2, 0.25) is 12.2 Å². The van der Waals surface area contributed by atoms with Crippen molar-refractivity contribution in [2.24, 2.45) is 0 Å². The largest absolute Gasteiger partial charge is 0.342 e. The molecule has 6 heteroatoms. The maximum atomic E-state index is 13.0. The first-order valence-corrected chi connectivity index (χ1v) is 9.61. The molecule has 1 fully saturated rings. The van der Waals surface area contributed by atoms with E-state index in [-0.39, 0.29) is 11.9 Å². The Bertz CT molecular complexity index is 894. The molecule has 1 saturated heterocycles. The van der Waals surface area contributed by atoms with Crippen molar-refractivity contribution >= 4 is 5.91 Å². The van der Waals surface area contributed by atoms with Crippen LogP contribution in [0.25, 0.3) is 11.4 Å². The Morgan fingerprint density at radius 1 is 1.18 bits per heavy atom. The summed E-state index contributed by atoms with van der Waals surface area (Å²) in [4.78, 5) is 21.3. The molecule has 0 bridgehead atoms. The average Bonchev–Trinajstić information content (AvgIpc) is 3.29. The molecular formula is C22H24N4O2. The van der Waals surface area contributed by atoms with Crippen molar-refractivity contribution in [1.29, 1.82) is 0 Å². The van der Waals surface area contributed by atoms with Crippen molar-refractivity contribution < 1.29 is 9.32 Å². The summed E-state index contributed by atoms with van der Waals surface area (Å²) in [5.74, 6) is 0.572. The lowest BCUT2D eigenvalue weighted by Crippen LogP contribution is -2.48. The fourth-order valence-corrected chi connectivity index (χ4v) is 3.76. The molecule has 6 nitrogen and oxygen atoms in total. The van der Waals surface area contributed by atoms with E-state index in [9.17, 15) is 4.79 Å². The van der Waals surface area contributed by atoms with Gasteiger partial charge in [0.25, 0.3) is 5.91 Å². The van der Waals surface area contributed by atoms with Crippen molar-refractivity contribution in [2.75, 3.05) is 20.1 Å². The first-order valence-electron chi connectivity index (χ1n) is 9.61. The van der Waals surface area contributed by atoms with Gasteiger partial charge in [0.05, 0.1) is 0 Å². The second-order valence-corrected chi connectivity index (χ2v) is 7.26. The number of amides is 1. The molecule has 0 saturated carbocycles. The van der Waals surface area contributed by atoms with Crippen LogP contribution in [0.1, 0.15) is 28.8 Å². The molecular weight excluding hydrogens is 352 g/mol. The molecule has 3 aromatic rings. The number of piperidine rings is 1. The van der Waals surface area contributed by atoms with Crippen molar-refractivity contribution in [3.05, 3.63) is 72.1 Å². The van der Waals surface area contributed by atoms with Gasteiger partial charge in [0, 0.05) is 37.3 Å². The van der Waals surface area contributed by atoms with Crippen molar-refractivity contribution in [3.63, 3.8) is 0 Å². The summed E-state index contributed by atoms with van der Waals surface area (Å²) in [5, 5.41) is 3.83. The highest BCUT2D eigenvalue weighted by Crippen LogP contribution is 2.20. The molecule has 4 rings (SSSR count). The highest BCUT2D eigenvalue weighted by molar-refractivity contribution is 5.94. The van der Waals surface area contributed by atoms with Crippen LogP contribution < -0.4 is 0 Å². The molecule has 1 aliphatic heterocycles. The van der Waals surface area contributed by atoms with Gasteiger partial charge in [-0.15, -0.1) is 0 Å². The van der Waals surface area contributed by atoms with E-state index in [0.717, 1.165) is 38.0 Å². The standard InChI is InChI=1S/C22H24N4O2/c1-25(20-8-5-13-26(15-20)14-17-6-3-2-4-7-17)22(27)19-11-9-18(10-12-19)21-23-16-28-24-21/h2-4,6-7,9-12,16,20H,5,8,13-15H2,1H3/t20-/m1/s1. The fourth-order valence-electron chi connectivity index (χ4n) is 3.76. The lowest BCUT2D eigenvalue weighted by atomic mass is 10.0. The van der Waals surface area contributed by atoms with Gasteiger partial charge in [0.1, 0.15) is 0 Å². The third kappa shape index (κ3) is 4.12. The summed E-state index contributed by atoms with van der Waals surface area (Å²) in [6, 6.07) is 18.1. The van der Waals surface area contributed by atoms with Crippen LogP contribution in [-0.2, 0) is 6.54 Å². The van der Waals surface area contributed by atoms with E-state index in [2.05, 4.69) is 39.3 Å². The third-order valence-corrected chi connectivity index (χ3v) is 5.35. The normalized spacial score (nSPS) is 17.4. The van der Waals surface area contributed by atoms with Gasteiger partial charge in [0.15, 0.2) is 0 Å². The second kappa shape index (κ2) is 8.35. The number of benzene rings is 2. The number of hydrogen-bond donors (Lipinski definition) is 0. The summed E-state index contributed by atoms with van der Waals surface area (Å²) in [7, 11) is 1.91. The minimum atomic E-state index is 0.0474. The molecule has 28 heavy (non-hydrogen) atoms. The molecule has 0 aliphatic carbocycles. The lowest BCUT2D eigenvalue weighted by Gasteiger charge is -2.37. The van der Waals surface area contributed by atoms with Crippen molar-refractivity contribution in [3.8, 4) is 11.4 Å². The Hall–Kier alpha value is -2.99. The molecule has 2 aromatic carbocycles. The first-order chi connectivity index (χ1) is 13.7. The maximum Gasteiger partial charge on any atom is 0.253 e. The molecule has 1 amide bonds. The summed E-state index contributed by atoms with van der Waals surface area (Å²) >= 11 is 0. The smallest absolute Gasteiger partial charge is 0.253 e. The monoisotopic (exact) mass is 376 g/mol. The molecule has 1 aliphatic rings. The Balaban J connectivity index is 1.40. The van der Waals surface area contributed by atoms with Crippen LogP contribution in [0.4, 0.5) is 0 Å². The summed E-state index contributed by atoms with van der Waals surface area (Å²) < 4.78 is 4.78. The van der Waals surface area contributed by atoms with Crippen molar-refractivity contribution in [1.82, 2.24) is 19.9 Å². The van der Waals surface area contributed by atoms with E-state index in [1.54, 1.807) is 0 Å². The fraction of sp³-hybridized carbons (Fsp3) is 0.318. The molecule has 1 aromatic heterocycles. The van der Waals surface area contributed by atoms with E-state index >= 15 is 0 Å². The number of likely N-dealkylation sites (N-methyl/N-ethyl adjacent to an activating group) is 1. The summed E-state index contributed by atoms with van der Waals surface area (Å²) in [6.45, 7) is 2.91. The number of likely N-dealkylation sites (tertiary alicyclic amines) is 1. The average molecular weight is 376 g/mol. The Morgan fingerprint density at radius 2 is 1.96 bits per heavy atom.